The summed E-state index contributed by atoms with van der Waals surface area (Å²) >= 11 is 15.6. The van der Waals surface area contributed by atoms with Gasteiger partial charge in [-0.1, -0.05) is 52.0 Å². The van der Waals surface area contributed by atoms with E-state index in [-0.39, 0.29) is 5.92 Å². The first-order valence-electron chi connectivity index (χ1n) is 5.88. The normalized spacial score (nSPS) is 17.9. The zero-order valence-corrected chi connectivity index (χ0v) is 12.7. The van der Waals surface area contributed by atoms with Gasteiger partial charge in [0.25, 0.3) is 0 Å². The van der Waals surface area contributed by atoms with Crippen molar-refractivity contribution in [2.24, 2.45) is 5.92 Å². The summed E-state index contributed by atoms with van der Waals surface area (Å²) in [5.74, 6) is -1.30. The molecule has 0 radical (unpaired) electrons. The maximum atomic E-state index is 11.5. The van der Waals surface area contributed by atoms with Crippen LogP contribution in [0.4, 0.5) is 0 Å². The van der Waals surface area contributed by atoms with Crippen molar-refractivity contribution in [3.05, 3.63) is 32.2 Å². The van der Waals surface area contributed by atoms with E-state index >= 15 is 0 Å². The van der Waals surface area contributed by atoms with Gasteiger partial charge in [-0.3, -0.25) is 4.79 Å². The molecule has 1 aromatic carbocycles. The Hall–Kier alpha value is -0.250. The predicted octanol–water partition coefficient (Wildman–Crippen LogP) is 5.11. The third kappa shape index (κ3) is 2.84. The SMILES string of the molecule is O=C(O)C(c1c(Cl)cc(Br)cc1Cl)C1CCCC1. The maximum absolute atomic E-state index is 11.5. The number of carbonyl (C=O) groups is 1. The Kier molecular flexibility index (Phi) is 4.57. The van der Waals surface area contributed by atoms with E-state index in [2.05, 4.69) is 15.9 Å². The molecule has 1 atom stereocenters. The van der Waals surface area contributed by atoms with Gasteiger partial charge in [-0.05, 0) is 30.9 Å². The first-order chi connectivity index (χ1) is 8.50. The van der Waals surface area contributed by atoms with Gasteiger partial charge in [0.2, 0.25) is 0 Å². The fourth-order valence-electron chi connectivity index (χ4n) is 2.70. The van der Waals surface area contributed by atoms with Gasteiger partial charge in [0.05, 0.1) is 5.92 Å². The molecule has 1 aliphatic carbocycles. The minimum Gasteiger partial charge on any atom is -0.481 e. The molecule has 0 saturated heterocycles. The van der Waals surface area contributed by atoms with Crippen LogP contribution in [0.15, 0.2) is 16.6 Å². The predicted molar refractivity (Wildman–Crippen MR) is 76.5 cm³/mol. The lowest BCUT2D eigenvalue weighted by atomic mass is 9.85. The number of benzene rings is 1. The van der Waals surface area contributed by atoms with Crippen LogP contribution in [0.3, 0.4) is 0 Å². The first kappa shape index (κ1) is 14.2. The average molecular weight is 352 g/mol. The zero-order valence-electron chi connectivity index (χ0n) is 9.63. The molecular weight excluding hydrogens is 339 g/mol. The van der Waals surface area contributed by atoms with Crippen LogP contribution in [0.2, 0.25) is 10.0 Å². The Morgan fingerprint density at radius 3 is 2.22 bits per heavy atom. The van der Waals surface area contributed by atoms with Crippen LogP contribution in [0, 0.1) is 5.92 Å². The fourth-order valence-corrected chi connectivity index (χ4v) is 4.15. The van der Waals surface area contributed by atoms with Crippen molar-refractivity contribution >= 4 is 45.1 Å². The fraction of sp³-hybridized carbons (Fsp3) is 0.462. The topological polar surface area (TPSA) is 37.3 Å². The molecule has 0 spiro atoms. The molecule has 1 unspecified atom stereocenters. The first-order valence-corrected chi connectivity index (χ1v) is 7.43. The van der Waals surface area contributed by atoms with Gasteiger partial charge in [-0.25, -0.2) is 0 Å². The number of carboxylic acids is 1. The quantitative estimate of drug-likeness (QED) is 0.821. The summed E-state index contributed by atoms with van der Waals surface area (Å²) in [7, 11) is 0. The highest BCUT2D eigenvalue weighted by molar-refractivity contribution is 9.10. The second-order valence-corrected chi connectivity index (χ2v) is 6.37. The van der Waals surface area contributed by atoms with Gasteiger partial charge in [0.1, 0.15) is 0 Å². The smallest absolute Gasteiger partial charge is 0.311 e. The van der Waals surface area contributed by atoms with Crippen molar-refractivity contribution < 1.29 is 9.90 Å². The molecular formula is C13H13BrCl2O2. The highest BCUT2D eigenvalue weighted by Gasteiger charge is 2.34. The van der Waals surface area contributed by atoms with Gasteiger partial charge in [-0.15, -0.1) is 0 Å². The van der Waals surface area contributed by atoms with Crippen LogP contribution in [0.5, 0.6) is 0 Å². The lowest BCUT2D eigenvalue weighted by Gasteiger charge is -2.22. The van der Waals surface area contributed by atoms with E-state index in [4.69, 9.17) is 23.2 Å². The minimum absolute atomic E-state index is 0.138. The Bertz CT molecular complexity index is 447. The van der Waals surface area contributed by atoms with Crippen LogP contribution in [0.1, 0.15) is 37.2 Å². The van der Waals surface area contributed by atoms with Gasteiger partial charge in [0.15, 0.2) is 0 Å². The van der Waals surface area contributed by atoms with Gasteiger partial charge >= 0.3 is 5.97 Å². The van der Waals surface area contributed by atoms with Crippen LogP contribution in [-0.4, -0.2) is 11.1 Å². The highest BCUT2D eigenvalue weighted by Crippen LogP contribution is 2.43. The van der Waals surface area contributed by atoms with Crippen LogP contribution in [-0.2, 0) is 4.79 Å². The molecule has 1 saturated carbocycles. The summed E-state index contributed by atoms with van der Waals surface area (Å²) in [5, 5.41) is 10.3. The second kappa shape index (κ2) is 5.81. The third-order valence-electron chi connectivity index (χ3n) is 3.49. The summed E-state index contributed by atoms with van der Waals surface area (Å²) in [6, 6.07) is 3.40. The molecule has 2 nitrogen and oxygen atoms in total. The molecule has 0 bridgehead atoms. The maximum Gasteiger partial charge on any atom is 0.311 e. The summed E-state index contributed by atoms with van der Waals surface area (Å²) < 4.78 is 0.761. The van der Waals surface area contributed by atoms with Crippen molar-refractivity contribution in [2.45, 2.75) is 31.6 Å². The van der Waals surface area contributed by atoms with E-state index in [1.165, 1.54) is 0 Å². The van der Waals surface area contributed by atoms with Gasteiger partial charge < -0.3 is 5.11 Å². The van der Waals surface area contributed by atoms with E-state index < -0.39 is 11.9 Å². The van der Waals surface area contributed by atoms with E-state index in [9.17, 15) is 9.90 Å². The van der Waals surface area contributed by atoms with Crippen molar-refractivity contribution in [2.75, 3.05) is 0 Å². The monoisotopic (exact) mass is 350 g/mol. The summed E-state index contributed by atoms with van der Waals surface area (Å²) in [4.78, 5) is 11.5. The van der Waals surface area contributed by atoms with Gasteiger partial charge in [-0.2, -0.15) is 0 Å². The Labute approximate surface area is 124 Å². The Morgan fingerprint density at radius 1 is 1.28 bits per heavy atom. The number of carboxylic acid groups (broad SMARTS) is 1. The van der Waals surface area contributed by atoms with Gasteiger partial charge in [0, 0.05) is 20.1 Å². The molecule has 1 N–H and O–H groups in total. The average Bonchev–Trinajstić information content (AvgIpc) is 2.75. The van der Waals surface area contributed by atoms with Crippen LogP contribution < -0.4 is 0 Å². The van der Waals surface area contributed by atoms with E-state index in [0.29, 0.717) is 15.6 Å². The number of hydrogen-bond acceptors (Lipinski definition) is 1. The summed E-state index contributed by atoms with van der Waals surface area (Å²) in [6.45, 7) is 0. The Morgan fingerprint density at radius 2 is 1.78 bits per heavy atom. The lowest BCUT2D eigenvalue weighted by Crippen LogP contribution is -2.20. The molecule has 1 fully saturated rings. The second-order valence-electron chi connectivity index (χ2n) is 4.64. The third-order valence-corrected chi connectivity index (χ3v) is 4.58. The van der Waals surface area contributed by atoms with Crippen molar-refractivity contribution in [3.63, 3.8) is 0 Å². The molecule has 1 aromatic rings. The molecule has 0 heterocycles. The molecule has 0 amide bonds. The van der Waals surface area contributed by atoms with Crippen molar-refractivity contribution in [3.8, 4) is 0 Å². The summed E-state index contributed by atoms with van der Waals surface area (Å²) in [6.07, 6.45) is 4.03. The Balaban J connectivity index is 2.45. The number of halogens is 3. The molecule has 2 rings (SSSR count). The standard InChI is InChI=1S/C13H13BrCl2O2/c14-8-5-9(15)12(10(16)6-8)11(13(17)18)7-3-1-2-4-7/h5-7,11H,1-4H2,(H,17,18). The largest absolute Gasteiger partial charge is 0.481 e. The molecule has 18 heavy (non-hydrogen) atoms. The number of rotatable bonds is 3. The zero-order chi connectivity index (χ0) is 13.3. The minimum atomic E-state index is -0.840. The molecule has 0 aliphatic heterocycles. The van der Waals surface area contributed by atoms with E-state index in [1.807, 2.05) is 0 Å². The molecule has 0 aromatic heterocycles. The van der Waals surface area contributed by atoms with Crippen molar-refractivity contribution in [1.29, 1.82) is 0 Å². The molecule has 98 valence electrons. The molecule has 5 heteroatoms. The number of hydrogen-bond donors (Lipinski definition) is 1. The summed E-state index contributed by atoms with van der Waals surface area (Å²) in [5.41, 5.74) is 0.556. The highest BCUT2D eigenvalue weighted by atomic mass is 79.9. The van der Waals surface area contributed by atoms with E-state index in [1.54, 1.807) is 12.1 Å². The van der Waals surface area contributed by atoms with E-state index in [0.717, 1.165) is 30.2 Å². The van der Waals surface area contributed by atoms with Crippen molar-refractivity contribution in [1.82, 2.24) is 0 Å². The molecule has 1 aliphatic rings. The van der Waals surface area contributed by atoms with Crippen LogP contribution >= 0.6 is 39.1 Å². The van der Waals surface area contributed by atoms with Crippen LogP contribution in [0.25, 0.3) is 0 Å². The lowest BCUT2D eigenvalue weighted by molar-refractivity contribution is -0.140. The number of aliphatic carboxylic acids is 1.